The second-order valence-corrected chi connectivity index (χ2v) is 5.09. The zero-order valence-corrected chi connectivity index (χ0v) is 11.8. The predicted octanol–water partition coefficient (Wildman–Crippen LogP) is 2.18. The SMILES string of the molecule is COc1cc(C(=O)N2CCCCCC2CN)ccc1F. The van der Waals surface area contributed by atoms with E-state index in [0.717, 1.165) is 25.7 Å². The highest BCUT2D eigenvalue weighted by molar-refractivity contribution is 5.94. The van der Waals surface area contributed by atoms with Crippen molar-refractivity contribution in [2.75, 3.05) is 20.2 Å². The first-order valence-corrected chi connectivity index (χ1v) is 7.02. The second-order valence-electron chi connectivity index (χ2n) is 5.09. The van der Waals surface area contributed by atoms with Crippen LogP contribution in [0.5, 0.6) is 5.75 Å². The Morgan fingerprint density at radius 3 is 2.95 bits per heavy atom. The molecular formula is C15H21FN2O2. The summed E-state index contributed by atoms with van der Waals surface area (Å²) < 4.78 is 18.3. The fourth-order valence-electron chi connectivity index (χ4n) is 2.65. The Labute approximate surface area is 118 Å². The molecule has 0 saturated carbocycles. The smallest absolute Gasteiger partial charge is 0.254 e. The fraction of sp³-hybridized carbons (Fsp3) is 0.533. The first-order chi connectivity index (χ1) is 9.67. The Bertz CT molecular complexity index is 479. The monoisotopic (exact) mass is 280 g/mol. The van der Waals surface area contributed by atoms with Crippen molar-refractivity contribution in [3.63, 3.8) is 0 Å². The van der Waals surface area contributed by atoms with Gasteiger partial charge in [-0.25, -0.2) is 4.39 Å². The van der Waals surface area contributed by atoms with Crippen molar-refractivity contribution in [1.29, 1.82) is 0 Å². The molecule has 1 amide bonds. The minimum atomic E-state index is -0.463. The van der Waals surface area contributed by atoms with E-state index in [1.54, 1.807) is 0 Å². The van der Waals surface area contributed by atoms with Crippen LogP contribution in [-0.4, -0.2) is 37.0 Å². The molecule has 1 unspecified atom stereocenters. The third kappa shape index (κ3) is 3.10. The van der Waals surface area contributed by atoms with Gasteiger partial charge in [-0.05, 0) is 31.0 Å². The number of rotatable bonds is 3. The number of halogens is 1. The number of methoxy groups -OCH3 is 1. The van der Waals surface area contributed by atoms with Crippen molar-refractivity contribution < 1.29 is 13.9 Å². The summed E-state index contributed by atoms with van der Waals surface area (Å²) in [5, 5.41) is 0. The maximum atomic E-state index is 13.4. The number of carbonyl (C=O) groups excluding carboxylic acids is 1. The minimum absolute atomic E-state index is 0.0704. The largest absolute Gasteiger partial charge is 0.494 e. The Hall–Kier alpha value is -1.62. The molecule has 1 saturated heterocycles. The van der Waals surface area contributed by atoms with Gasteiger partial charge in [0.1, 0.15) is 0 Å². The number of ether oxygens (including phenoxy) is 1. The van der Waals surface area contributed by atoms with E-state index in [4.69, 9.17) is 10.5 Å². The van der Waals surface area contributed by atoms with Crippen LogP contribution < -0.4 is 10.5 Å². The standard InChI is InChI=1S/C15H21FN2O2/c1-20-14-9-11(6-7-13(14)16)15(19)18-8-4-2-3-5-12(18)10-17/h6-7,9,12H,2-5,8,10,17H2,1H3. The first-order valence-electron chi connectivity index (χ1n) is 7.02. The molecule has 1 aliphatic rings. The van der Waals surface area contributed by atoms with E-state index >= 15 is 0 Å². The molecule has 110 valence electrons. The van der Waals surface area contributed by atoms with Gasteiger partial charge >= 0.3 is 0 Å². The molecule has 1 aliphatic heterocycles. The number of benzene rings is 1. The number of likely N-dealkylation sites (tertiary alicyclic amines) is 1. The summed E-state index contributed by atoms with van der Waals surface area (Å²) in [6.07, 6.45) is 4.13. The molecule has 0 aliphatic carbocycles. The molecule has 1 fully saturated rings. The zero-order valence-electron chi connectivity index (χ0n) is 11.8. The van der Waals surface area contributed by atoms with Gasteiger partial charge in [0.25, 0.3) is 5.91 Å². The molecule has 1 aromatic rings. The normalized spacial score (nSPS) is 19.6. The molecule has 2 rings (SSSR count). The number of hydrogen-bond acceptors (Lipinski definition) is 3. The van der Waals surface area contributed by atoms with Crippen molar-refractivity contribution >= 4 is 5.91 Å². The van der Waals surface area contributed by atoms with Crippen LogP contribution >= 0.6 is 0 Å². The maximum Gasteiger partial charge on any atom is 0.254 e. The van der Waals surface area contributed by atoms with Crippen molar-refractivity contribution in [3.05, 3.63) is 29.6 Å². The zero-order chi connectivity index (χ0) is 14.5. The number of carbonyl (C=O) groups is 1. The first kappa shape index (κ1) is 14.8. The van der Waals surface area contributed by atoms with Gasteiger partial charge in [0.05, 0.1) is 7.11 Å². The van der Waals surface area contributed by atoms with Crippen LogP contribution in [0.1, 0.15) is 36.0 Å². The van der Waals surface area contributed by atoms with Gasteiger partial charge in [0, 0.05) is 24.7 Å². The van der Waals surface area contributed by atoms with E-state index in [1.807, 2.05) is 4.90 Å². The van der Waals surface area contributed by atoms with E-state index < -0.39 is 5.82 Å². The van der Waals surface area contributed by atoms with Crippen LogP contribution in [0.25, 0.3) is 0 Å². The van der Waals surface area contributed by atoms with Crippen LogP contribution in [0.4, 0.5) is 4.39 Å². The molecule has 4 nitrogen and oxygen atoms in total. The van der Waals surface area contributed by atoms with E-state index in [0.29, 0.717) is 18.7 Å². The molecule has 1 aromatic carbocycles. The van der Waals surface area contributed by atoms with Crippen LogP contribution in [-0.2, 0) is 0 Å². The van der Waals surface area contributed by atoms with Gasteiger partial charge in [-0.3, -0.25) is 4.79 Å². The lowest BCUT2D eigenvalue weighted by Gasteiger charge is -2.29. The van der Waals surface area contributed by atoms with Gasteiger partial charge < -0.3 is 15.4 Å². The number of hydrogen-bond donors (Lipinski definition) is 1. The van der Waals surface area contributed by atoms with Crippen LogP contribution in [0.15, 0.2) is 18.2 Å². The Morgan fingerprint density at radius 1 is 1.45 bits per heavy atom. The number of nitrogens with zero attached hydrogens (tertiary/aromatic N) is 1. The van der Waals surface area contributed by atoms with Gasteiger partial charge in [0.15, 0.2) is 11.6 Å². The summed E-state index contributed by atoms with van der Waals surface area (Å²) in [6, 6.07) is 4.29. The Morgan fingerprint density at radius 2 is 2.25 bits per heavy atom. The summed E-state index contributed by atoms with van der Waals surface area (Å²) in [4.78, 5) is 14.4. The van der Waals surface area contributed by atoms with E-state index in [2.05, 4.69) is 0 Å². The van der Waals surface area contributed by atoms with Crippen LogP contribution in [0.3, 0.4) is 0 Å². The van der Waals surface area contributed by atoms with Crippen LogP contribution in [0.2, 0.25) is 0 Å². The van der Waals surface area contributed by atoms with Crippen molar-refractivity contribution in [2.45, 2.75) is 31.7 Å². The molecule has 20 heavy (non-hydrogen) atoms. The molecule has 0 bridgehead atoms. The summed E-state index contributed by atoms with van der Waals surface area (Å²) in [6.45, 7) is 1.17. The molecular weight excluding hydrogens is 259 g/mol. The summed E-state index contributed by atoms with van der Waals surface area (Å²) in [5.74, 6) is -0.467. The van der Waals surface area contributed by atoms with Crippen molar-refractivity contribution in [2.24, 2.45) is 5.73 Å². The molecule has 2 N–H and O–H groups in total. The lowest BCUT2D eigenvalue weighted by molar-refractivity contribution is 0.0688. The molecule has 5 heteroatoms. The minimum Gasteiger partial charge on any atom is -0.494 e. The predicted molar refractivity (Wildman–Crippen MR) is 75.3 cm³/mol. The van der Waals surface area contributed by atoms with Gasteiger partial charge in [0.2, 0.25) is 0 Å². The third-order valence-electron chi connectivity index (χ3n) is 3.81. The quantitative estimate of drug-likeness (QED) is 0.923. The second kappa shape index (κ2) is 6.70. The number of nitrogens with two attached hydrogens (primary N) is 1. The highest BCUT2D eigenvalue weighted by Crippen LogP contribution is 2.22. The summed E-state index contributed by atoms with van der Waals surface area (Å²) in [7, 11) is 1.39. The van der Waals surface area contributed by atoms with Crippen molar-refractivity contribution in [3.8, 4) is 5.75 Å². The lowest BCUT2D eigenvalue weighted by Crippen LogP contribution is -2.44. The van der Waals surface area contributed by atoms with Gasteiger partial charge in [-0.15, -0.1) is 0 Å². The topological polar surface area (TPSA) is 55.6 Å². The van der Waals surface area contributed by atoms with E-state index in [9.17, 15) is 9.18 Å². The molecule has 0 aromatic heterocycles. The Balaban J connectivity index is 2.24. The van der Waals surface area contributed by atoms with Gasteiger partial charge in [-0.1, -0.05) is 12.8 Å². The summed E-state index contributed by atoms with van der Waals surface area (Å²) in [5.41, 5.74) is 6.23. The molecule has 0 spiro atoms. The van der Waals surface area contributed by atoms with Gasteiger partial charge in [-0.2, -0.15) is 0 Å². The summed E-state index contributed by atoms with van der Waals surface area (Å²) >= 11 is 0. The highest BCUT2D eigenvalue weighted by Gasteiger charge is 2.25. The Kier molecular flexibility index (Phi) is 4.95. The maximum absolute atomic E-state index is 13.4. The lowest BCUT2D eigenvalue weighted by atomic mass is 10.1. The third-order valence-corrected chi connectivity index (χ3v) is 3.81. The molecule has 1 atom stereocenters. The average molecular weight is 280 g/mol. The molecule has 0 radical (unpaired) electrons. The highest BCUT2D eigenvalue weighted by atomic mass is 19.1. The van der Waals surface area contributed by atoms with E-state index in [1.165, 1.54) is 25.3 Å². The number of amides is 1. The average Bonchev–Trinajstić information content (AvgIpc) is 2.72. The molecule has 1 heterocycles. The van der Waals surface area contributed by atoms with Crippen LogP contribution in [0, 0.1) is 5.82 Å². The van der Waals surface area contributed by atoms with E-state index in [-0.39, 0.29) is 17.7 Å². The van der Waals surface area contributed by atoms with Crippen molar-refractivity contribution in [1.82, 2.24) is 4.90 Å². The fourth-order valence-corrected chi connectivity index (χ4v) is 2.65.